The molecule has 1 rings (SSSR count). The lowest BCUT2D eigenvalue weighted by Crippen LogP contribution is -2.17. The van der Waals surface area contributed by atoms with Crippen molar-refractivity contribution in [1.82, 2.24) is 5.32 Å². The molecule has 72 valence electrons. The third-order valence-electron chi connectivity index (χ3n) is 1.60. The summed E-state index contributed by atoms with van der Waals surface area (Å²) in [5.74, 6) is 0. The topological polar surface area (TPSA) is 32.3 Å². The van der Waals surface area contributed by atoms with Gasteiger partial charge in [0.15, 0.2) is 0 Å². The summed E-state index contributed by atoms with van der Waals surface area (Å²) < 4.78 is 0. The lowest BCUT2D eigenvalue weighted by Gasteiger charge is -2.03. The maximum atomic E-state index is 8.53. The zero-order valence-corrected chi connectivity index (χ0v) is 8.57. The van der Waals surface area contributed by atoms with Gasteiger partial charge in [0, 0.05) is 13.1 Å². The first-order chi connectivity index (χ1) is 6.24. The first-order valence-corrected chi connectivity index (χ1v) is 4.75. The molecule has 2 nitrogen and oxygen atoms in total. The predicted octanol–water partition coefficient (Wildman–Crippen LogP) is 2.08. The number of benzene rings is 1. The summed E-state index contributed by atoms with van der Waals surface area (Å²) >= 11 is 11.6. The average Bonchev–Trinajstić information content (AvgIpc) is 2.12. The Morgan fingerprint density at radius 2 is 2.00 bits per heavy atom. The van der Waals surface area contributed by atoms with Crippen molar-refractivity contribution in [2.45, 2.75) is 6.54 Å². The van der Waals surface area contributed by atoms with Crippen LogP contribution in [0.15, 0.2) is 18.2 Å². The SMILES string of the molecule is OCCNCc1ccc(Cl)c(Cl)c1. The molecule has 1 aromatic rings. The van der Waals surface area contributed by atoms with Gasteiger partial charge in [0.25, 0.3) is 0 Å². The number of hydrogen-bond acceptors (Lipinski definition) is 2. The summed E-state index contributed by atoms with van der Waals surface area (Å²) in [5.41, 5.74) is 1.06. The first kappa shape index (κ1) is 10.8. The molecule has 0 heterocycles. The van der Waals surface area contributed by atoms with E-state index < -0.39 is 0 Å². The smallest absolute Gasteiger partial charge is 0.0595 e. The van der Waals surface area contributed by atoms with Crippen molar-refractivity contribution in [2.75, 3.05) is 13.2 Å². The number of rotatable bonds is 4. The van der Waals surface area contributed by atoms with E-state index in [2.05, 4.69) is 5.32 Å². The van der Waals surface area contributed by atoms with E-state index in [0.717, 1.165) is 5.56 Å². The highest BCUT2D eigenvalue weighted by atomic mass is 35.5. The van der Waals surface area contributed by atoms with E-state index in [4.69, 9.17) is 28.3 Å². The van der Waals surface area contributed by atoms with Crippen molar-refractivity contribution in [3.8, 4) is 0 Å². The molecule has 0 aliphatic heterocycles. The second kappa shape index (κ2) is 5.45. The molecule has 0 aromatic heterocycles. The molecule has 0 bridgehead atoms. The highest BCUT2D eigenvalue weighted by Gasteiger charge is 1.98. The van der Waals surface area contributed by atoms with Gasteiger partial charge < -0.3 is 10.4 Å². The number of hydrogen-bond donors (Lipinski definition) is 2. The summed E-state index contributed by atoms with van der Waals surface area (Å²) in [7, 11) is 0. The molecule has 0 spiro atoms. The van der Waals surface area contributed by atoms with Crippen LogP contribution in [-0.2, 0) is 6.54 Å². The minimum absolute atomic E-state index is 0.140. The van der Waals surface area contributed by atoms with Gasteiger partial charge in [0.2, 0.25) is 0 Å². The van der Waals surface area contributed by atoms with Crippen LogP contribution in [-0.4, -0.2) is 18.3 Å². The van der Waals surface area contributed by atoms with Crippen molar-refractivity contribution >= 4 is 23.2 Å². The fourth-order valence-electron chi connectivity index (χ4n) is 0.961. The molecule has 0 aliphatic carbocycles. The number of aliphatic hydroxyl groups excluding tert-OH is 1. The van der Waals surface area contributed by atoms with Gasteiger partial charge in [-0.15, -0.1) is 0 Å². The quantitative estimate of drug-likeness (QED) is 0.761. The zero-order chi connectivity index (χ0) is 9.68. The van der Waals surface area contributed by atoms with Crippen LogP contribution in [0.5, 0.6) is 0 Å². The van der Waals surface area contributed by atoms with E-state index in [1.165, 1.54) is 0 Å². The Kier molecular flexibility index (Phi) is 4.53. The molecule has 0 aliphatic rings. The normalized spacial score (nSPS) is 10.4. The minimum atomic E-state index is 0.140. The molecule has 0 amide bonds. The number of nitrogens with one attached hydrogen (secondary N) is 1. The Morgan fingerprint density at radius 1 is 1.23 bits per heavy atom. The second-order valence-corrected chi connectivity index (χ2v) is 3.46. The van der Waals surface area contributed by atoms with Crippen molar-refractivity contribution in [1.29, 1.82) is 0 Å². The molecule has 0 saturated carbocycles. The third kappa shape index (κ3) is 3.53. The van der Waals surface area contributed by atoms with Gasteiger partial charge in [-0.25, -0.2) is 0 Å². The molecule has 0 atom stereocenters. The van der Waals surface area contributed by atoms with Crippen LogP contribution in [0.2, 0.25) is 10.0 Å². The molecule has 0 radical (unpaired) electrons. The average molecular weight is 220 g/mol. The van der Waals surface area contributed by atoms with Gasteiger partial charge in [-0.1, -0.05) is 29.3 Å². The van der Waals surface area contributed by atoms with E-state index >= 15 is 0 Å². The minimum Gasteiger partial charge on any atom is -0.395 e. The summed E-state index contributed by atoms with van der Waals surface area (Å²) in [4.78, 5) is 0. The van der Waals surface area contributed by atoms with Gasteiger partial charge in [-0.3, -0.25) is 0 Å². The van der Waals surface area contributed by atoms with E-state index in [1.807, 2.05) is 12.1 Å². The first-order valence-electron chi connectivity index (χ1n) is 3.99. The molecule has 0 saturated heterocycles. The van der Waals surface area contributed by atoms with Crippen LogP contribution in [0.25, 0.3) is 0 Å². The summed E-state index contributed by atoms with van der Waals surface area (Å²) in [5, 5.41) is 12.7. The molecular formula is C9H11Cl2NO. The maximum absolute atomic E-state index is 8.53. The van der Waals surface area contributed by atoms with Gasteiger partial charge in [-0.05, 0) is 17.7 Å². The lowest BCUT2D eigenvalue weighted by molar-refractivity contribution is 0.292. The van der Waals surface area contributed by atoms with Gasteiger partial charge in [0.1, 0.15) is 0 Å². The maximum Gasteiger partial charge on any atom is 0.0595 e. The molecule has 2 N–H and O–H groups in total. The standard InChI is InChI=1S/C9H11Cl2NO/c10-8-2-1-7(5-9(8)11)6-12-3-4-13/h1-2,5,12-13H,3-4,6H2. The van der Waals surface area contributed by atoms with Crippen molar-refractivity contribution in [3.63, 3.8) is 0 Å². The number of aliphatic hydroxyl groups is 1. The van der Waals surface area contributed by atoms with Crippen molar-refractivity contribution < 1.29 is 5.11 Å². The Morgan fingerprint density at radius 3 is 2.62 bits per heavy atom. The van der Waals surface area contributed by atoms with E-state index in [-0.39, 0.29) is 6.61 Å². The van der Waals surface area contributed by atoms with Crippen LogP contribution in [0, 0.1) is 0 Å². The Hall–Kier alpha value is -0.280. The fraction of sp³-hybridized carbons (Fsp3) is 0.333. The van der Waals surface area contributed by atoms with Crippen LogP contribution in [0.3, 0.4) is 0 Å². The molecule has 1 aromatic carbocycles. The predicted molar refractivity (Wildman–Crippen MR) is 55.3 cm³/mol. The highest BCUT2D eigenvalue weighted by Crippen LogP contribution is 2.22. The summed E-state index contributed by atoms with van der Waals surface area (Å²) in [6.07, 6.45) is 0. The number of halogens is 2. The van der Waals surface area contributed by atoms with Gasteiger partial charge in [0.05, 0.1) is 16.7 Å². The molecule has 0 fully saturated rings. The van der Waals surface area contributed by atoms with Crippen molar-refractivity contribution in [2.24, 2.45) is 0 Å². The van der Waals surface area contributed by atoms with Crippen LogP contribution >= 0.6 is 23.2 Å². The lowest BCUT2D eigenvalue weighted by atomic mass is 10.2. The fourth-order valence-corrected chi connectivity index (χ4v) is 1.28. The Labute approximate surface area is 87.5 Å². The molecule has 13 heavy (non-hydrogen) atoms. The van der Waals surface area contributed by atoms with E-state index in [1.54, 1.807) is 6.07 Å². The summed E-state index contributed by atoms with van der Waals surface area (Å²) in [6, 6.07) is 5.48. The zero-order valence-electron chi connectivity index (χ0n) is 7.06. The third-order valence-corrected chi connectivity index (χ3v) is 2.34. The van der Waals surface area contributed by atoms with Crippen LogP contribution in [0.1, 0.15) is 5.56 Å². The molecule has 4 heteroatoms. The largest absolute Gasteiger partial charge is 0.395 e. The Balaban J connectivity index is 2.53. The van der Waals surface area contributed by atoms with Crippen molar-refractivity contribution in [3.05, 3.63) is 33.8 Å². The van der Waals surface area contributed by atoms with Gasteiger partial charge in [-0.2, -0.15) is 0 Å². The highest BCUT2D eigenvalue weighted by molar-refractivity contribution is 6.41. The molecule has 0 unspecified atom stereocenters. The second-order valence-electron chi connectivity index (χ2n) is 2.65. The summed E-state index contributed by atoms with van der Waals surface area (Å²) in [6.45, 7) is 1.42. The monoisotopic (exact) mass is 219 g/mol. The van der Waals surface area contributed by atoms with E-state index in [0.29, 0.717) is 23.1 Å². The van der Waals surface area contributed by atoms with E-state index in [9.17, 15) is 0 Å². The van der Waals surface area contributed by atoms with Gasteiger partial charge >= 0.3 is 0 Å². The Bertz CT molecular complexity index is 278. The van der Waals surface area contributed by atoms with Crippen LogP contribution in [0.4, 0.5) is 0 Å². The van der Waals surface area contributed by atoms with Crippen LogP contribution < -0.4 is 5.32 Å². The molecular weight excluding hydrogens is 209 g/mol.